The first kappa shape index (κ1) is 21.4. The van der Waals surface area contributed by atoms with Gasteiger partial charge in [-0.15, -0.1) is 0 Å². The highest BCUT2D eigenvalue weighted by Crippen LogP contribution is 2.31. The third kappa shape index (κ3) is 5.66. The monoisotopic (exact) mass is 428 g/mol. The summed E-state index contributed by atoms with van der Waals surface area (Å²) < 4.78 is 5.80. The number of hydrogen-bond donors (Lipinski definition) is 3. The molecule has 3 aromatic rings. The van der Waals surface area contributed by atoms with Crippen molar-refractivity contribution in [3.05, 3.63) is 95.6 Å². The van der Waals surface area contributed by atoms with Crippen molar-refractivity contribution in [3.8, 4) is 5.75 Å². The molecule has 0 fully saturated rings. The number of nitrogens with one attached hydrogen (secondary N) is 3. The zero-order chi connectivity index (χ0) is 22.2. The van der Waals surface area contributed by atoms with Gasteiger partial charge >= 0.3 is 0 Å². The number of hydrogen-bond acceptors (Lipinski definition) is 3. The van der Waals surface area contributed by atoms with Crippen LogP contribution in [0.3, 0.4) is 0 Å². The van der Waals surface area contributed by atoms with Crippen LogP contribution in [0.4, 0.5) is 5.69 Å². The summed E-state index contributed by atoms with van der Waals surface area (Å²) in [4.78, 5) is 16.3. The predicted molar refractivity (Wildman–Crippen MR) is 128 cm³/mol. The normalized spacial score (nSPS) is 15.5. The second-order valence-corrected chi connectivity index (χ2v) is 7.76. The Morgan fingerprint density at radius 2 is 1.69 bits per heavy atom. The van der Waals surface area contributed by atoms with Crippen molar-refractivity contribution >= 4 is 17.6 Å². The van der Waals surface area contributed by atoms with E-state index in [1.165, 1.54) is 0 Å². The number of para-hydroxylation sites is 2. The summed E-state index contributed by atoms with van der Waals surface area (Å²) in [5.41, 5.74) is 4.33. The van der Waals surface area contributed by atoms with Gasteiger partial charge in [-0.05, 0) is 34.9 Å². The Bertz CT molecular complexity index is 1060. The number of carbonyl (C=O) groups is 1. The molecule has 4 rings (SSSR count). The number of aliphatic imine (C=N–C) groups is 1. The molecule has 1 amide bonds. The van der Waals surface area contributed by atoms with Crippen molar-refractivity contribution in [2.45, 2.75) is 25.5 Å². The molecule has 1 aliphatic heterocycles. The molecule has 0 spiro atoms. The summed E-state index contributed by atoms with van der Waals surface area (Å²) in [7, 11) is 1.75. The molecule has 1 atom stereocenters. The van der Waals surface area contributed by atoms with E-state index in [4.69, 9.17) is 4.74 Å². The SMILES string of the molecule is CN=C(NCc1ccc(COc2ccccc2)cc1)NCC1CC(=O)Nc2ccccc21. The molecular formula is C26H28N4O2. The first-order valence-electron chi connectivity index (χ1n) is 10.8. The van der Waals surface area contributed by atoms with E-state index in [1.807, 2.05) is 48.5 Å². The van der Waals surface area contributed by atoms with Gasteiger partial charge in [0.05, 0.1) is 0 Å². The van der Waals surface area contributed by atoms with E-state index in [2.05, 4.69) is 51.3 Å². The Balaban J connectivity index is 1.26. The molecule has 3 aromatic carbocycles. The van der Waals surface area contributed by atoms with E-state index in [0.29, 0.717) is 32.1 Å². The molecule has 0 bridgehead atoms. The number of guanidine groups is 1. The smallest absolute Gasteiger partial charge is 0.225 e. The van der Waals surface area contributed by atoms with Crippen LogP contribution >= 0.6 is 0 Å². The largest absolute Gasteiger partial charge is 0.489 e. The van der Waals surface area contributed by atoms with Gasteiger partial charge in [0.25, 0.3) is 0 Å². The zero-order valence-electron chi connectivity index (χ0n) is 18.2. The summed E-state index contributed by atoms with van der Waals surface area (Å²) in [5, 5.41) is 9.64. The number of carbonyl (C=O) groups excluding carboxylic acids is 1. The van der Waals surface area contributed by atoms with E-state index < -0.39 is 0 Å². The van der Waals surface area contributed by atoms with Crippen molar-refractivity contribution in [1.29, 1.82) is 0 Å². The van der Waals surface area contributed by atoms with Crippen molar-refractivity contribution < 1.29 is 9.53 Å². The summed E-state index contributed by atoms with van der Waals surface area (Å²) in [6.45, 7) is 1.83. The second kappa shape index (κ2) is 10.5. The molecule has 1 aliphatic rings. The summed E-state index contributed by atoms with van der Waals surface area (Å²) in [6, 6.07) is 26.1. The van der Waals surface area contributed by atoms with Crippen molar-refractivity contribution in [3.63, 3.8) is 0 Å². The number of anilines is 1. The maximum Gasteiger partial charge on any atom is 0.225 e. The first-order chi connectivity index (χ1) is 15.7. The van der Waals surface area contributed by atoms with Crippen LogP contribution in [0, 0.1) is 0 Å². The molecule has 6 heteroatoms. The van der Waals surface area contributed by atoms with Gasteiger partial charge in [-0.2, -0.15) is 0 Å². The number of nitrogens with zero attached hydrogens (tertiary/aromatic N) is 1. The minimum atomic E-state index is 0.0507. The Hall–Kier alpha value is -3.80. The van der Waals surface area contributed by atoms with Crippen LogP contribution in [0.15, 0.2) is 83.9 Å². The molecule has 3 N–H and O–H groups in total. The minimum Gasteiger partial charge on any atom is -0.489 e. The maximum absolute atomic E-state index is 12.0. The fourth-order valence-corrected chi connectivity index (χ4v) is 3.75. The Kier molecular flexibility index (Phi) is 7.02. The summed E-state index contributed by atoms with van der Waals surface area (Å²) in [5.74, 6) is 1.74. The Morgan fingerprint density at radius 3 is 2.47 bits per heavy atom. The molecule has 0 aromatic heterocycles. The summed E-state index contributed by atoms with van der Waals surface area (Å²) in [6.07, 6.45) is 0.466. The van der Waals surface area contributed by atoms with Crippen LogP contribution in [0.2, 0.25) is 0 Å². The molecule has 32 heavy (non-hydrogen) atoms. The summed E-state index contributed by atoms with van der Waals surface area (Å²) >= 11 is 0. The highest BCUT2D eigenvalue weighted by molar-refractivity contribution is 5.94. The van der Waals surface area contributed by atoms with Gasteiger partial charge in [-0.3, -0.25) is 9.79 Å². The standard InChI is InChI=1S/C26H28N4O2/c1-27-26(29-17-21-15-25(31)30-24-10-6-5-9-23(21)24)28-16-19-11-13-20(14-12-19)18-32-22-7-3-2-4-8-22/h2-14,21H,15-18H2,1H3,(H,30,31)(H2,27,28,29). The molecule has 1 unspecified atom stereocenters. The topological polar surface area (TPSA) is 74.8 Å². The quantitative estimate of drug-likeness (QED) is 0.392. The molecule has 6 nitrogen and oxygen atoms in total. The molecule has 0 saturated carbocycles. The molecule has 164 valence electrons. The van der Waals surface area contributed by atoms with E-state index in [-0.39, 0.29) is 11.8 Å². The molecule has 1 heterocycles. The maximum atomic E-state index is 12.0. The van der Waals surface area contributed by atoms with Crippen LogP contribution in [-0.4, -0.2) is 25.5 Å². The average molecular weight is 429 g/mol. The average Bonchev–Trinajstić information content (AvgIpc) is 2.84. The lowest BCUT2D eigenvalue weighted by Gasteiger charge is -2.26. The van der Waals surface area contributed by atoms with Crippen LogP contribution < -0.4 is 20.7 Å². The molecule has 0 radical (unpaired) electrons. The van der Waals surface area contributed by atoms with Gasteiger partial charge in [0.2, 0.25) is 5.91 Å². The van der Waals surface area contributed by atoms with Gasteiger partial charge < -0.3 is 20.7 Å². The van der Waals surface area contributed by atoms with Gasteiger partial charge in [0.15, 0.2) is 5.96 Å². The molecule has 0 saturated heterocycles. The Labute approximate surface area is 188 Å². The van der Waals surface area contributed by atoms with Crippen LogP contribution in [0.5, 0.6) is 5.75 Å². The van der Waals surface area contributed by atoms with Gasteiger partial charge in [0.1, 0.15) is 12.4 Å². The predicted octanol–water partition coefficient (Wildman–Crippen LogP) is 4.06. The van der Waals surface area contributed by atoms with Crippen LogP contribution in [0.25, 0.3) is 0 Å². The van der Waals surface area contributed by atoms with E-state index in [1.54, 1.807) is 7.05 Å². The van der Waals surface area contributed by atoms with Crippen LogP contribution in [0.1, 0.15) is 29.0 Å². The number of benzene rings is 3. The Morgan fingerprint density at radius 1 is 0.969 bits per heavy atom. The third-order valence-electron chi connectivity index (χ3n) is 5.48. The fraction of sp³-hybridized carbons (Fsp3) is 0.231. The lowest BCUT2D eigenvalue weighted by molar-refractivity contribution is -0.116. The van der Waals surface area contributed by atoms with Crippen molar-refractivity contribution in [1.82, 2.24) is 10.6 Å². The van der Waals surface area contributed by atoms with E-state index in [0.717, 1.165) is 28.1 Å². The van der Waals surface area contributed by atoms with E-state index in [9.17, 15) is 4.79 Å². The van der Waals surface area contributed by atoms with Crippen molar-refractivity contribution in [2.75, 3.05) is 18.9 Å². The third-order valence-corrected chi connectivity index (χ3v) is 5.48. The number of rotatable bonds is 7. The van der Waals surface area contributed by atoms with Gasteiger partial charge in [-0.25, -0.2) is 0 Å². The second-order valence-electron chi connectivity index (χ2n) is 7.76. The lowest BCUT2D eigenvalue weighted by atomic mass is 9.90. The highest BCUT2D eigenvalue weighted by Gasteiger charge is 2.24. The lowest BCUT2D eigenvalue weighted by Crippen LogP contribution is -2.40. The number of amides is 1. The van der Waals surface area contributed by atoms with Crippen molar-refractivity contribution in [2.24, 2.45) is 4.99 Å². The number of fused-ring (bicyclic) bond motifs is 1. The fourth-order valence-electron chi connectivity index (χ4n) is 3.75. The number of ether oxygens (including phenoxy) is 1. The molecule has 0 aliphatic carbocycles. The van der Waals surface area contributed by atoms with Crippen LogP contribution in [-0.2, 0) is 17.9 Å². The van der Waals surface area contributed by atoms with Gasteiger partial charge in [-0.1, -0.05) is 60.7 Å². The van der Waals surface area contributed by atoms with Gasteiger partial charge in [0, 0.05) is 38.2 Å². The molecular weight excluding hydrogens is 400 g/mol. The van der Waals surface area contributed by atoms with E-state index >= 15 is 0 Å². The highest BCUT2D eigenvalue weighted by atomic mass is 16.5. The first-order valence-corrected chi connectivity index (χ1v) is 10.8. The zero-order valence-corrected chi connectivity index (χ0v) is 18.2. The minimum absolute atomic E-state index is 0.0507.